The molecule has 0 aliphatic heterocycles. The average molecular weight is 509 g/mol. The van der Waals surface area contributed by atoms with Gasteiger partial charge in [-0.25, -0.2) is 0 Å². The van der Waals surface area contributed by atoms with Gasteiger partial charge in [-0.15, -0.1) is 0 Å². The summed E-state index contributed by atoms with van der Waals surface area (Å²) in [6, 6.07) is 36.3. The van der Waals surface area contributed by atoms with Crippen LogP contribution < -0.4 is 26.0 Å². The zero-order valence-electron chi connectivity index (χ0n) is 21.8. The van der Waals surface area contributed by atoms with E-state index in [9.17, 15) is 4.79 Å². The molecule has 0 bridgehead atoms. The molecule has 5 heteroatoms. The van der Waals surface area contributed by atoms with Crippen LogP contribution in [0.25, 0.3) is 0 Å². The monoisotopic (exact) mass is 508 g/mol. The number of benzene rings is 4. The van der Waals surface area contributed by atoms with Crippen molar-refractivity contribution in [1.82, 2.24) is 0 Å². The third-order valence-corrected chi connectivity index (χ3v) is 8.51. The molecule has 0 radical (unpaired) electrons. The summed E-state index contributed by atoms with van der Waals surface area (Å²) in [6.45, 7) is 6.11. The molecule has 4 aromatic rings. The number of hydrogen-bond donors (Lipinski definition) is 1. The van der Waals surface area contributed by atoms with Crippen LogP contribution in [0.2, 0.25) is 0 Å². The Morgan fingerprint density at radius 3 is 1.89 bits per heavy atom. The predicted molar refractivity (Wildman–Crippen MR) is 158 cm³/mol. The lowest BCUT2D eigenvalue weighted by Crippen LogP contribution is -2.37. The summed E-state index contributed by atoms with van der Waals surface area (Å²) in [7, 11) is 0.833. The summed E-state index contributed by atoms with van der Waals surface area (Å²) in [5.74, 6) is 0.605. The van der Waals surface area contributed by atoms with Crippen LogP contribution in [0.1, 0.15) is 26.3 Å². The summed E-state index contributed by atoms with van der Waals surface area (Å²) in [5, 5.41) is 6.78. The summed E-state index contributed by atoms with van der Waals surface area (Å²) >= 11 is 0. The van der Waals surface area contributed by atoms with E-state index in [4.69, 9.17) is 9.73 Å². The van der Waals surface area contributed by atoms with Crippen molar-refractivity contribution in [3.8, 4) is 5.75 Å². The van der Waals surface area contributed by atoms with E-state index < -0.39 is 14.0 Å². The van der Waals surface area contributed by atoms with Crippen LogP contribution in [-0.2, 0) is 4.79 Å². The van der Waals surface area contributed by atoms with Crippen molar-refractivity contribution >= 4 is 41.6 Å². The highest BCUT2D eigenvalue weighted by molar-refractivity contribution is 7.80. The fourth-order valence-corrected chi connectivity index (χ4v) is 6.53. The highest BCUT2D eigenvalue weighted by Crippen LogP contribution is 2.34. The standard InChI is InChI=1S/C32H33N2O2P/c1-32(2,3)30(31(35)34-25-19-21-26(36-4)22-20-25)33-23-24-13-11-12-18-29(24)37(27-14-7-5-8-15-27)28-16-9-6-10-17-28/h5-23,30H,1-4H3,(H,34,35)/t30-/m1/s1. The third-order valence-electron chi connectivity index (χ3n) is 6.00. The minimum Gasteiger partial charge on any atom is -0.497 e. The first-order valence-corrected chi connectivity index (χ1v) is 13.7. The molecule has 4 rings (SSSR count). The second-order valence-electron chi connectivity index (χ2n) is 9.83. The summed E-state index contributed by atoms with van der Waals surface area (Å²) in [4.78, 5) is 18.2. The Kier molecular flexibility index (Phi) is 8.53. The molecule has 0 unspecified atom stereocenters. The second kappa shape index (κ2) is 12.0. The summed E-state index contributed by atoms with van der Waals surface area (Å²) < 4.78 is 5.22. The topological polar surface area (TPSA) is 50.7 Å². The minimum absolute atomic E-state index is 0.139. The summed E-state index contributed by atoms with van der Waals surface area (Å²) in [6.07, 6.45) is 1.88. The van der Waals surface area contributed by atoms with Gasteiger partial charge in [0.25, 0.3) is 0 Å². The lowest BCUT2D eigenvalue weighted by Gasteiger charge is -2.26. The number of nitrogens with one attached hydrogen (secondary N) is 1. The molecule has 4 nitrogen and oxygen atoms in total. The van der Waals surface area contributed by atoms with Gasteiger partial charge in [0.05, 0.1) is 7.11 Å². The number of nitrogens with zero attached hydrogens (tertiary/aromatic N) is 1. The zero-order chi connectivity index (χ0) is 26.3. The number of anilines is 1. The SMILES string of the molecule is COc1ccc(NC(=O)[C@@H](N=Cc2ccccc2P(c2ccccc2)c2ccccc2)C(C)(C)C)cc1. The highest BCUT2D eigenvalue weighted by Gasteiger charge is 2.31. The molecule has 0 spiro atoms. The van der Waals surface area contributed by atoms with E-state index in [1.54, 1.807) is 7.11 Å². The normalized spacial score (nSPS) is 12.5. The first-order chi connectivity index (χ1) is 17.9. The Bertz CT molecular complexity index is 1290. The van der Waals surface area contributed by atoms with Gasteiger partial charge in [0.2, 0.25) is 5.91 Å². The highest BCUT2D eigenvalue weighted by atomic mass is 31.1. The van der Waals surface area contributed by atoms with Gasteiger partial charge < -0.3 is 10.1 Å². The first kappa shape index (κ1) is 26.3. The third kappa shape index (κ3) is 6.72. The quantitative estimate of drug-likeness (QED) is 0.237. The van der Waals surface area contributed by atoms with Gasteiger partial charge in [-0.3, -0.25) is 9.79 Å². The maximum Gasteiger partial charge on any atom is 0.249 e. The van der Waals surface area contributed by atoms with Gasteiger partial charge in [-0.2, -0.15) is 0 Å². The molecule has 0 aromatic heterocycles. The van der Waals surface area contributed by atoms with Gasteiger partial charge in [-0.1, -0.05) is 106 Å². The number of carbonyl (C=O) groups excluding carboxylic acids is 1. The molecule has 37 heavy (non-hydrogen) atoms. The van der Waals surface area contributed by atoms with Gasteiger partial charge >= 0.3 is 0 Å². The van der Waals surface area contributed by atoms with Crippen molar-refractivity contribution < 1.29 is 9.53 Å². The van der Waals surface area contributed by atoms with Crippen molar-refractivity contribution in [2.45, 2.75) is 26.8 Å². The molecule has 0 aliphatic carbocycles. The van der Waals surface area contributed by atoms with E-state index in [1.165, 1.54) is 15.9 Å². The van der Waals surface area contributed by atoms with Crippen LogP contribution in [0.5, 0.6) is 5.75 Å². The molecular formula is C32H33N2O2P. The molecule has 4 aromatic carbocycles. The smallest absolute Gasteiger partial charge is 0.249 e. The molecule has 0 heterocycles. The van der Waals surface area contributed by atoms with Crippen LogP contribution in [0.3, 0.4) is 0 Å². The van der Waals surface area contributed by atoms with Gasteiger partial charge in [0.1, 0.15) is 11.8 Å². The number of hydrogen-bond acceptors (Lipinski definition) is 3. The minimum atomic E-state index is -0.789. The van der Waals surface area contributed by atoms with Gasteiger partial charge in [-0.05, 0) is 53.5 Å². The number of aliphatic imine (C=N–C) groups is 1. The van der Waals surface area contributed by atoms with E-state index in [1.807, 2.05) is 69.5 Å². The molecule has 1 atom stereocenters. The Balaban J connectivity index is 1.68. The van der Waals surface area contributed by atoms with Crippen LogP contribution in [-0.4, -0.2) is 25.3 Å². The lowest BCUT2D eigenvalue weighted by molar-refractivity contribution is -0.119. The molecule has 1 N–H and O–H groups in total. The fourth-order valence-electron chi connectivity index (χ4n) is 4.11. The predicted octanol–water partition coefficient (Wildman–Crippen LogP) is 5.93. The maximum absolute atomic E-state index is 13.3. The van der Waals surface area contributed by atoms with Crippen molar-refractivity contribution in [2.75, 3.05) is 12.4 Å². The first-order valence-electron chi connectivity index (χ1n) is 12.3. The van der Waals surface area contributed by atoms with Crippen LogP contribution in [0.15, 0.2) is 114 Å². The van der Waals surface area contributed by atoms with Crippen molar-refractivity contribution in [2.24, 2.45) is 10.4 Å². The van der Waals surface area contributed by atoms with E-state index >= 15 is 0 Å². The molecule has 0 saturated carbocycles. The van der Waals surface area contributed by atoms with E-state index in [-0.39, 0.29) is 11.3 Å². The van der Waals surface area contributed by atoms with Crippen molar-refractivity contribution in [3.63, 3.8) is 0 Å². The van der Waals surface area contributed by atoms with Crippen LogP contribution in [0, 0.1) is 5.41 Å². The average Bonchev–Trinajstić information content (AvgIpc) is 2.91. The van der Waals surface area contributed by atoms with Crippen molar-refractivity contribution in [1.29, 1.82) is 0 Å². The molecule has 0 aliphatic rings. The molecule has 0 fully saturated rings. The maximum atomic E-state index is 13.3. The molecule has 188 valence electrons. The summed E-state index contributed by atoms with van der Waals surface area (Å²) in [5.41, 5.74) is 1.37. The molecule has 1 amide bonds. The van der Waals surface area contributed by atoms with E-state index in [0.717, 1.165) is 11.3 Å². The van der Waals surface area contributed by atoms with E-state index in [2.05, 4.69) is 72.0 Å². The Morgan fingerprint density at radius 1 is 0.811 bits per heavy atom. The number of carbonyl (C=O) groups is 1. The van der Waals surface area contributed by atoms with Crippen LogP contribution >= 0.6 is 7.92 Å². The Morgan fingerprint density at radius 2 is 1.35 bits per heavy atom. The number of ether oxygens (including phenoxy) is 1. The number of amides is 1. The Labute approximate surface area is 221 Å². The van der Waals surface area contributed by atoms with Crippen LogP contribution in [0.4, 0.5) is 5.69 Å². The van der Waals surface area contributed by atoms with Gasteiger partial charge in [0.15, 0.2) is 0 Å². The fraction of sp³-hybridized carbons (Fsp3) is 0.188. The Hall–Kier alpha value is -3.75. The largest absolute Gasteiger partial charge is 0.497 e. The second-order valence-corrected chi connectivity index (χ2v) is 12.0. The number of rotatable bonds is 8. The number of methoxy groups -OCH3 is 1. The molecular weight excluding hydrogens is 475 g/mol. The lowest BCUT2D eigenvalue weighted by atomic mass is 9.86. The van der Waals surface area contributed by atoms with Gasteiger partial charge in [0, 0.05) is 17.5 Å². The van der Waals surface area contributed by atoms with Crippen molar-refractivity contribution in [3.05, 3.63) is 115 Å². The van der Waals surface area contributed by atoms with E-state index in [0.29, 0.717) is 5.69 Å². The zero-order valence-corrected chi connectivity index (χ0v) is 22.7. The molecule has 0 saturated heterocycles.